The van der Waals surface area contributed by atoms with Gasteiger partial charge < -0.3 is 5.11 Å². The van der Waals surface area contributed by atoms with Gasteiger partial charge in [0.15, 0.2) is 5.69 Å². The van der Waals surface area contributed by atoms with Crippen LogP contribution in [0.2, 0.25) is 5.02 Å². The number of alkyl halides is 2. The molecule has 0 radical (unpaired) electrons. The molecule has 0 saturated heterocycles. The molecule has 7 heteroatoms. The molecule has 0 bridgehead atoms. The Bertz CT molecular complexity index is 457. The van der Waals surface area contributed by atoms with E-state index in [2.05, 4.69) is 4.98 Å². The smallest absolute Gasteiger partial charge is 0.355 e. The first-order valence-corrected chi connectivity index (χ1v) is 3.96. The predicted octanol–water partition coefficient (Wildman–Crippen LogP) is 2.24. The Morgan fingerprint density at radius 1 is 1.67 bits per heavy atom. The Labute approximate surface area is 87.7 Å². The highest BCUT2D eigenvalue weighted by molar-refractivity contribution is 6.31. The molecule has 0 aliphatic rings. The Morgan fingerprint density at radius 3 is 2.67 bits per heavy atom. The average Bonchev–Trinajstić information content (AvgIpc) is 2.15. The van der Waals surface area contributed by atoms with Gasteiger partial charge in [0.1, 0.15) is 6.07 Å². The van der Waals surface area contributed by atoms with E-state index < -0.39 is 34.2 Å². The molecule has 1 rings (SSSR count). The minimum atomic E-state index is -3.02. The number of nitriles is 1. The van der Waals surface area contributed by atoms with E-state index in [0.29, 0.717) is 0 Å². The summed E-state index contributed by atoms with van der Waals surface area (Å²) in [5.41, 5.74) is -2.23. The van der Waals surface area contributed by atoms with Crippen molar-refractivity contribution in [1.29, 1.82) is 5.26 Å². The fraction of sp³-hybridized carbons (Fsp3) is 0.125. The van der Waals surface area contributed by atoms with Gasteiger partial charge >= 0.3 is 5.97 Å². The molecule has 0 aliphatic heterocycles. The van der Waals surface area contributed by atoms with Crippen LogP contribution in [0.25, 0.3) is 0 Å². The van der Waals surface area contributed by atoms with Gasteiger partial charge in [-0.15, -0.1) is 0 Å². The summed E-state index contributed by atoms with van der Waals surface area (Å²) < 4.78 is 24.9. The highest BCUT2D eigenvalue weighted by Crippen LogP contribution is 2.30. The van der Waals surface area contributed by atoms with Gasteiger partial charge in [0.25, 0.3) is 6.43 Å². The Kier molecular flexibility index (Phi) is 3.17. The maximum absolute atomic E-state index is 12.5. The lowest BCUT2D eigenvalue weighted by molar-refractivity contribution is 0.0689. The molecule has 0 amide bonds. The van der Waals surface area contributed by atoms with Crippen LogP contribution >= 0.6 is 11.6 Å². The standard InChI is InChI=1S/C8H3ClF2N2O2/c9-4-2-13-6(8(14)15)3(1-12)5(4)7(10)11/h2,7H,(H,14,15). The molecular formula is C8H3ClF2N2O2. The molecule has 0 spiro atoms. The third kappa shape index (κ3) is 2.02. The van der Waals surface area contributed by atoms with Gasteiger partial charge in [-0.2, -0.15) is 5.26 Å². The number of aromatic carboxylic acids is 1. The molecule has 1 heterocycles. The molecule has 1 aromatic heterocycles. The minimum Gasteiger partial charge on any atom is -0.476 e. The van der Waals surface area contributed by atoms with Gasteiger partial charge in [-0.1, -0.05) is 11.6 Å². The Hall–Kier alpha value is -1.74. The molecule has 4 nitrogen and oxygen atoms in total. The summed E-state index contributed by atoms with van der Waals surface area (Å²) >= 11 is 5.39. The van der Waals surface area contributed by atoms with Crippen molar-refractivity contribution in [3.8, 4) is 6.07 Å². The van der Waals surface area contributed by atoms with Gasteiger partial charge in [0.2, 0.25) is 0 Å². The molecule has 15 heavy (non-hydrogen) atoms. The number of nitrogens with zero attached hydrogens (tertiary/aromatic N) is 2. The Balaban J connectivity index is 3.56. The number of carboxylic acid groups (broad SMARTS) is 1. The Morgan fingerprint density at radius 2 is 2.27 bits per heavy atom. The molecule has 1 N–H and O–H groups in total. The molecular weight excluding hydrogens is 230 g/mol. The van der Waals surface area contributed by atoms with Crippen LogP contribution < -0.4 is 0 Å². The number of rotatable bonds is 2. The monoisotopic (exact) mass is 232 g/mol. The minimum absolute atomic E-state index is 0.424. The van der Waals surface area contributed by atoms with Crippen molar-refractivity contribution in [1.82, 2.24) is 4.98 Å². The number of hydrogen-bond acceptors (Lipinski definition) is 3. The van der Waals surface area contributed by atoms with Crippen LogP contribution in [0, 0.1) is 11.3 Å². The van der Waals surface area contributed by atoms with Crippen LogP contribution in [-0.4, -0.2) is 16.1 Å². The second-order valence-corrected chi connectivity index (χ2v) is 2.87. The van der Waals surface area contributed by atoms with E-state index >= 15 is 0 Å². The van der Waals surface area contributed by atoms with Gasteiger partial charge in [-0.25, -0.2) is 18.6 Å². The van der Waals surface area contributed by atoms with Gasteiger partial charge in [0.05, 0.1) is 16.1 Å². The molecule has 78 valence electrons. The van der Waals surface area contributed by atoms with Crippen LogP contribution in [-0.2, 0) is 0 Å². The largest absolute Gasteiger partial charge is 0.476 e. The zero-order valence-electron chi connectivity index (χ0n) is 7.04. The summed E-state index contributed by atoms with van der Waals surface area (Å²) in [6, 6.07) is 1.36. The van der Waals surface area contributed by atoms with Crippen molar-refractivity contribution in [3.63, 3.8) is 0 Å². The summed E-state index contributed by atoms with van der Waals surface area (Å²) in [5, 5.41) is 16.7. The normalized spacial score (nSPS) is 10.1. The maximum Gasteiger partial charge on any atom is 0.355 e. The lowest BCUT2D eigenvalue weighted by Crippen LogP contribution is -2.07. The first-order chi connectivity index (χ1) is 6.99. The van der Waals surface area contributed by atoms with Crippen LogP contribution in [0.1, 0.15) is 28.0 Å². The molecule has 0 saturated carbocycles. The molecule has 0 aromatic carbocycles. The van der Waals surface area contributed by atoms with Crippen molar-refractivity contribution >= 4 is 17.6 Å². The third-order valence-electron chi connectivity index (χ3n) is 1.60. The first kappa shape index (κ1) is 11.3. The molecule has 0 aliphatic carbocycles. The van der Waals surface area contributed by atoms with E-state index in [1.54, 1.807) is 0 Å². The molecule has 1 aromatic rings. The summed E-state index contributed by atoms with van der Waals surface area (Å²) in [7, 11) is 0. The highest BCUT2D eigenvalue weighted by atomic mass is 35.5. The summed E-state index contributed by atoms with van der Waals surface area (Å²) in [5.74, 6) is -1.55. The average molecular weight is 233 g/mol. The van der Waals surface area contributed by atoms with E-state index in [1.807, 2.05) is 0 Å². The topological polar surface area (TPSA) is 74.0 Å². The fourth-order valence-electron chi connectivity index (χ4n) is 0.991. The van der Waals surface area contributed by atoms with Gasteiger partial charge in [-0.3, -0.25) is 0 Å². The van der Waals surface area contributed by atoms with Crippen LogP contribution in [0.3, 0.4) is 0 Å². The van der Waals surface area contributed by atoms with Crippen molar-refractivity contribution < 1.29 is 18.7 Å². The SMILES string of the molecule is N#Cc1c(C(=O)O)ncc(Cl)c1C(F)F. The van der Waals surface area contributed by atoms with Crippen LogP contribution in [0.15, 0.2) is 6.20 Å². The summed E-state index contributed by atoms with van der Waals surface area (Å²) in [6.45, 7) is 0. The molecule has 0 fully saturated rings. The van der Waals surface area contributed by atoms with E-state index in [-0.39, 0.29) is 0 Å². The van der Waals surface area contributed by atoms with E-state index in [4.69, 9.17) is 22.0 Å². The summed E-state index contributed by atoms with van der Waals surface area (Å²) in [6.07, 6.45) is -2.24. The second-order valence-electron chi connectivity index (χ2n) is 2.46. The van der Waals surface area contributed by atoms with E-state index in [0.717, 1.165) is 6.20 Å². The number of aromatic nitrogens is 1. The van der Waals surface area contributed by atoms with E-state index in [1.165, 1.54) is 6.07 Å². The first-order valence-electron chi connectivity index (χ1n) is 3.59. The van der Waals surface area contributed by atoms with Crippen molar-refractivity contribution in [2.24, 2.45) is 0 Å². The highest BCUT2D eigenvalue weighted by Gasteiger charge is 2.24. The van der Waals surface area contributed by atoms with Crippen LogP contribution in [0.4, 0.5) is 8.78 Å². The van der Waals surface area contributed by atoms with Crippen molar-refractivity contribution in [2.75, 3.05) is 0 Å². The molecule has 0 atom stereocenters. The predicted molar refractivity (Wildman–Crippen MR) is 45.9 cm³/mol. The lowest BCUT2D eigenvalue weighted by atomic mass is 10.1. The third-order valence-corrected chi connectivity index (χ3v) is 1.90. The van der Waals surface area contributed by atoms with Crippen LogP contribution in [0.5, 0.6) is 0 Å². The quantitative estimate of drug-likeness (QED) is 0.849. The maximum atomic E-state index is 12.5. The second kappa shape index (κ2) is 4.19. The number of pyridine rings is 1. The molecule has 0 unspecified atom stereocenters. The fourth-order valence-corrected chi connectivity index (χ4v) is 1.22. The number of carboxylic acids is 1. The number of halogens is 3. The lowest BCUT2D eigenvalue weighted by Gasteiger charge is -2.06. The van der Waals surface area contributed by atoms with Gasteiger partial charge in [-0.05, 0) is 0 Å². The summed E-state index contributed by atoms with van der Waals surface area (Å²) in [4.78, 5) is 13.9. The number of carbonyl (C=O) groups is 1. The number of hydrogen-bond donors (Lipinski definition) is 1. The van der Waals surface area contributed by atoms with Gasteiger partial charge in [0, 0.05) is 6.20 Å². The zero-order chi connectivity index (χ0) is 11.6. The zero-order valence-corrected chi connectivity index (χ0v) is 7.79. The van der Waals surface area contributed by atoms with E-state index in [9.17, 15) is 13.6 Å². The van der Waals surface area contributed by atoms with Crippen molar-refractivity contribution in [3.05, 3.63) is 28.0 Å². The van der Waals surface area contributed by atoms with Crippen molar-refractivity contribution in [2.45, 2.75) is 6.43 Å².